The summed E-state index contributed by atoms with van der Waals surface area (Å²) in [6.07, 6.45) is 4.88. The SMILES string of the molecule is CCCO/C=C(\C)c1ccc(/C(C)=C/OCCOCCOC(C)C)cc1. The van der Waals surface area contributed by atoms with Crippen LogP contribution in [0.15, 0.2) is 36.8 Å². The second-order valence-corrected chi connectivity index (χ2v) is 6.45. The van der Waals surface area contributed by atoms with Crippen LogP contribution in [0.5, 0.6) is 0 Å². The topological polar surface area (TPSA) is 36.9 Å². The van der Waals surface area contributed by atoms with Crippen LogP contribution in [-0.2, 0) is 18.9 Å². The fourth-order valence-electron chi connectivity index (χ4n) is 2.17. The van der Waals surface area contributed by atoms with Crippen LogP contribution in [0.3, 0.4) is 0 Å². The van der Waals surface area contributed by atoms with E-state index in [4.69, 9.17) is 18.9 Å². The van der Waals surface area contributed by atoms with Gasteiger partial charge in [0.05, 0.1) is 45.1 Å². The van der Waals surface area contributed by atoms with Crippen LogP contribution in [0.2, 0.25) is 0 Å². The van der Waals surface area contributed by atoms with Gasteiger partial charge in [-0.15, -0.1) is 0 Å². The van der Waals surface area contributed by atoms with E-state index < -0.39 is 0 Å². The Balaban J connectivity index is 2.34. The molecule has 1 aromatic carbocycles. The molecule has 1 rings (SSSR count). The van der Waals surface area contributed by atoms with E-state index in [1.807, 2.05) is 27.0 Å². The molecule has 0 amide bonds. The van der Waals surface area contributed by atoms with Crippen LogP contribution < -0.4 is 0 Å². The van der Waals surface area contributed by atoms with Crippen molar-refractivity contribution in [2.45, 2.75) is 47.1 Å². The molecule has 0 aliphatic rings. The van der Waals surface area contributed by atoms with Gasteiger partial charge < -0.3 is 18.9 Å². The fraction of sp³-hybridized carbons (Fsp3) is 0.545. The number of ether oxygens (including phenoxy) is 4. The molecule has 0 saturated carbocycles. The lowest BCUT2D eigenvalue weighted by atomic mass is 10.0. The van der Waals surface area contributed by atoms with Crippen LogP contribution >= 0.6 is 0 Å². The summed E-state index contributed by atoms with van der Waals surface area (Å²) in [5.74, 6) is 0. The molecular weight excluding hydrogens is 328 g/mol. The molecule has 0 heterocycles. The third-order valence-electron chi connectivity index (χ3n) is 3.66. The van der Waals surface area contributed by atoms with E-state index in [0.717, 1.165) is 35.3 Å². The molecule has 146 valence electrons. The summed E-state index contributed by atoms with van der Waals surface area (Å²) in [5, 5.41) is 0. The maximum Gasteiger partial charge on any atom is 0.111 e. The summed E-state index contributed by atoms with van der Waals surface area (Å²) in [4.78, 5) is 0. The second kappa shape index (κ2) is 13.4. The van der Waals surface area contributed by atoms with Crippen molar-refractivity contribution in [1.82, 2.24) is 0 Å². The van der Waals surface area contributed by atoms with Crippen LogP contribution in [0.4, 0.5) is 0 Å². The zero-order chi connectivity index (χ0) is 19.2. The van der Waals surface area contributed by atoms with E-state index in [9.17, 15) is 0 Å². The monoisotopic (exact) mass is 362 g/mol. The lowest BCUT2D eigenvalue weighted by Gasteiger charge is -2.09. The van der Waals surface area contributed by atoms with Gasteiger partial charge in [-0.25, -0.2) is 0 Å². The Morgan fingerprint density at radius 1 is 0.808 bits per heavy atom. The van der Waals surface area contributed by atoms with Gasteiger partial charge in [-0.3, -0.25) is 0 Å². The number of rotatable bonds is 13. The fourth-order valence-corrected chi connectivity index (χ4v) is 2.17. The minimum Gasteiger partial charge on any atom is -0.501 e. The summed E-state index contributed by atoms with van der Waals surface area (Å²) in [6, 6.07) is 8.40. The minimum atomic E-state index is 0.245. The highest BCUT2D eigenvalue weighted by Gasteiger charge is 2.00. The molecule has 0 unspecified atom stereocenters. The third kappa shape index (κ3) is 9.64. The zero-order valence-electron chi connectivity index (χ0n) is 16.9. The van der Waals surface area contributed by atoms with Gasteiger partial charge in [-0.2, -0.15) is 0 Å². The van der Waals surface area contributed by atoms with Gasteiger partial charge in [0.15, 0.2) is 0 Å². The molecular formula is C22H34O4. The van der Waals surface area contributed by atoms with Crippen LogP contribution in [0, 0.1) is 0 Å². The first kappa shape index (κ1) is 22.3. The highest BCUT2D eigenvalue weighted by atomic mass is 16.5. The van der Waals surface area contributed by atoms with Crippen molar-refractivity contribution in [2.75, 3.05) is 33.0 Å². The maximum atomic E-state index is 5.56. The van der Waals surface area contributed by atoms with Crippen molar-refractivity contribution in [1.29, 1.82) is 0 Å². The van der Waals surface area contributed by atoms with Gasteiger partial charge in [0, 0.05) is 0 Å². The Labute approximate surface area is 158 Å². The summed E-state index contributed by atoms with van der Waals surface area (Å²) in [6.45, 7) is 13.3. The van der Waals surface area contributed by atoms with Crippen LogP contribution in [0.1, 0.15) is 52.2 Å². The average Bonchev–Trinajstić information content (AvgIpc) is 2.63. The van der Waals surface area contributed by atoms with Crippen molar-refractivity contribution >= 4 is 11.1 Å². The number of hydrogen-bond acceptors (Lipinski definition) is 4. The Hall–Kier alpha value is -1.78. The Morgan fingerprint density at radius 3 is 1.81 bits per heavy atom. The maximum absolute atomic E-state index is 5.56. The van der Waals surface area contributed by atoms with E-state index in [1.165, 1.54) is 0 Å². The lowest BCUT2D eigenvalue weighted by Crippen LogP contribution is -2.11. The standard InChI is InChI=1S/C22H34O4/c1-6-11-24-16-19(4)21-7-9-22(10-8-21)20(5)17-25-13-12-23-14-15-26-18(2)3/h7-10,16-18H,6,11-15H2,1-5H3/b19-16+,20-17+. The van der Waals surface area contributed by atoms with Gasteiger partial charge in [0.2, 0.25) is 0 Å². The van der Waals surface area contributed by atoms with Gasteiger partial charge in [0.1, 0.15) is 6.61 Å². The summed E-state index contributed by atoms with van der Waals surface area (Å²) >= 11 is 0. The van der Waals surface area contributed by atoms with Crippen LogP contribution in [-0.4, -0.2) is 39.1 Å². The van der Waals surface area contributed by atoms with E-state index in [0.29, 0.717) is 26.4 Å². The molecule has 0 radical (unpaired) electrons. The Kier molecular flexibility index (Phi) is 11.5. The summed E-state index contributed by atoms with van der Waals surface area (Å²) in [7, 11) is 0. The van der Waals surface area contributed by atoms with E-state index in [1.54, 1.807) is 6.26 Å². The first-order valence-electron chi connectivity index (χ1n) is 9.41. The molecule has 0 atom stereocenters. The first-order valence-corrected chi connectivity index (χ1v) is 9.41. The molecule has 0 fully saturated rings. The normalized spacial score (nSPS) is 12.5. The predicted molar refractivity (Wildman–Crippen MR) is 108 cm³/mol. The van der Waals surface area contributed by atoms with E-state index >= 15 is 0 Å². The molecule has 0 aliphatic heterocycles. The van der Waals surface area contributed by atoms with Gasteiger partial charge in [0.25, 0.3) is 0 Å². The summed E-state index contributed by atoms with van der Waals surface area (Å²) < 4.78 is 21.9. The molecule has 0 saturated heterocycles. The molecule has 0 spiro atoms. The molecule has 0 aromatic heterocycles. The highest BCUT2D eigenvalue weighted by molar-refractivity contribution is 5.68. The van der Waals surface area contributed by atoms with Crippen molar-refractivity contribution in [3.05, 3.63) is 47.9 Å². The highest BCUT2D eigenvalue weighted by Crippen LogP contribution is 2.19. The zero-order valence-corrected chi connectivity index (χ0v) is 16.9. The number of allylic oxidation sites excluding steroid dienone is 2. The van der Waals surface area contributed by atoms with Crippen molar-refractivity contribution in [3.8, 4) is 0 Å². The quantitative estimate of drug-likeness (QED) is 0.353. The van der Waals surface area contributed by atoms with Crippen molar-refractivity contribution in [3.63, 3.8) is 0 Å². The molecule has 0 bridgehead atoms. The Bertz CT molecular complexity index is 544. The van der Waals surface area contributed by atoms with Gasteiger partial charge >= 0.3 is 0 Å². The first-order chi connectivity index (χ1) is 12.5. The number of hydrogen-bond donors (Lipinski definition) is 0. The second-order valence-electron chi connectivity index (χ2n) is 6.45. The lowest BCUT2D eigenvalue weighted by molar-refractivity contribution is 0.00884. The average molecular weight is 363 g/mol. The Morgan fingerprint density at radius 2 is 1.31 bits per heavy atom. The largest absolute Gasteiger partial charge is 0.501 e. The van der Waals surface area contributed by atoms with Gasteiger partial charge in [-0.1, -0.05) is 31.2 Å². The molecule has 26 heavy (non-hydrogen) atoms. The van der Waals surface area contributed by atoms with E-state index in [-0.39, 0.29) is 6.10 Å². The molecule has 0 aliphatic carbocycles. The third-order valence-corrected chi connectivity index (χ3v) is 3.66. The molecule has 1 aromatic rings. The van der Waals surface area contributed by atoms with Crippen LogP contribution in [0.25, 0.3) is 11.1 Å². The molecule has 4 heteroatoms. The molecule has 4 nitrogen and oxygen atoms in total. The predicted octanol–water partition coefficient (Wildman–Crippen LogP) is 5.29. The van der Waals surface area contributed by atoms with Gasteiger partial charge in [-0.05, 0) is 56.4 Å². The summed E-state index contributed by atoms with van der Waals surface area (Å²) in [5.41, 5.74) is 4.52. The van der Waals surface area contributed by atoms with Crippen molar-refractivity contribution in [2.24, 2.45) is 0 Å². The smallest absolute Gasteiger partial charge is 0.111 e. The van der Waals surface area contributed by atoms with E-state index in [2.05, 4.69) is 38.1 Å². The number of benzene rings is 1. The van der Waals surface area contributed by atoms with Crippen molar-refractivity contribution < 1.29 is 18.9 Å². The molecule has 0 N–H and O–H groups in total. The minimum absolute atomic E-state index is 0.245.